The predicted molar refractivity (Wildman–Crippen MR) is 110 cm³/mol. The lowest BCUT2D eigenvalue weighted by molar-refractivity contribution is -0.120. The van der Waals surface area contributed by atoms with Crippen LogP contribution in [0.5, 0.6) is 11.5 Å². The predicted octanol–water partition coefficient (Wildman–Crippen LogP) is 4.15. The van der Waals surface area contributed by atoms with Crippen LogP contribution in [-0.2, 0) is 11.2 Å². The normalized spacial score (nSPS) is 10.4. The number of carbonyl (C=O) groups excluding carboxylic acids is 1. The summed E-state index contributed by atoms with van der Waals surface area (Å²) in [5.74, 6) is 1.87. The SMILES string of the molecule is Cc1cc(OCCOc2ccccc2CCNC(=O)CC#N)ccc1C(C)C. The number of ether oxygens (including phenoxy) is 2. The summed E-state index contributed by atoms with van der Waals surface area (Å²) in [4.78, 5) is 11.4. The van der Waals surface area contributed by atoms with Gasteiger partial charge >= 0.3 is 0 Å². The molecule has 2 aromatic rings. The lowest BCUT2D eigenvalue weighted by Crippen LogP contribution is -2.25. The summed E-state index contributed by atoms with van der Waals surface area (Å²) in [5.41, 5.74) is 3.58. The highest BCUT2D eigenvalue weighted by molar-refractivity contribution is 5.77. The molecule has 0 aliphatic carbocycles. The number of hydrogen-bond donors (Lipinski definition) is 1. The largest absolute Gasteiger partial charge is 0.490 e. The number of amides is 1. The van der Waals surface area contributed by atoms with Gasteiger partial charge in [0.2, 0.25) is 5.91 Å². The molecule has 1 N–H and O–H groups in total. The molecule has 0 aliphatic rings. The highest BCUT2D eigenvalue weighted by atomic mass is 16.5. The fraction of sp³-hybridized carbons (Fsp3) is 0.391. The average molecular weight is 380 g/mol. The fourth-order valence-electron chi connectivity index (χ4n) is 3.02. The summed E-state index contributed by atoms with van der Waals surface area (Å²) >= 11 is 0. The Hall–Kier alpha value is -3.00. The van der Waals surface area contributed by atoms with Crippen LogP contribution >= 0.6 is 0 Å². The molecule has 148 valence electrons. The first-order valence-corrected chi connectivity index (χ1v) is 9.59. The fourth-order valence-corrected chi connectivity index (χ4v) is 3.02. The first-order chi connectivity index (χ1) is 13.5. The van der Waals surface area contributed by atoms with Gasteiger partial charge in [-0.25, -0.2) is 0 Å². The molecule has 1 amide bonds. The van der Waals surface area contributed by atoms with Crippen LogP contribution in [0.3, 0.4) is 0 Å². The standard InChI is InChI=1S/C23H28N2O3/c1-17(2)21-9-8-20(16-18(21)3)27-14-15-28-22-7-5-4-6-19(22)11-13-25-23(26)10-12-24/h4-9,16-17H,10-11,13-15H2,1-3H3,(H,25,26). The second kappa shape index (κ2) is 11.0. The summed E-state index contributed by atoms with van der Waals surface area (Å²) in [7, 11) is 0. The minimum Gasteiger partial charge on any atom is -0.490 e. The summed E-state index contributed by atoms with van der Waals surface area (Å²) in [6.07, 6.45) is 0.525. The maximum atomic E-state index is 11.4. The highest BCUT2D eigenvalue weighted by Gasteiger charge is 2.06. The number of hydrogen-bond acceptors (Lipinski definition) is 4. The number of para-hydroxylation sites is 1. The number of rotatable bonds is 10. The molecule has 0 heterocycles. The first-order valence-electron chi connectivity index (χ1n) is 9.59. The van der Waals surface area contributed by atoms with Crippen molar-refractivity contribution >= 4 is 5.91 Å². The summed E-state index contributed by atoms with van der Waals surface area (Å²) in [6.45, 7) is 7.83. The van der Waals surface area contributed by atoms with Gasteiger partial charge in [0.05, 0.1) is 6.07 Å². The van der Waals surface area contributed by atoms with Crippen molar-refractivity contribution in [3.63, 3.8) is 0 Å². The number of nitrogens with zero attached hydrogens (tertiary/aromatic N) is 1. The van der Waals surface area contributed by atoms with E-state index in [9.17, 15) is 4.79 Å². The minimum absolute atomic E-state index is 0.118. The zero-order valence-electron chi connectivity index (χ0n) is 16.8. The van der Waals surface area contributed by atoms with Crippen molar-refractivity contribution in [2.45, 2.75) is 39.5 Å². The van der Waals surface area contributed by atoms with Gasteiger partial charge < -0.3 is 14.8 Å². The van der Waals surface area contributed by atoms with Crippen LogP contribution in [-0.4, -0.2) is 25.7 Å². The minimum atomic E-state index is -0.256. The molecule has 2 rings (SSSR count). The molecule has 5 nitrogen and oxygen atoms in total. The number of nitriles is 1. The molecule has 0 aromatic heterocycles. The Bertz CT molecular complexity index is 825. The topological polar surface area (TPSA) is 71.3 Å². The van der Waals surface area contributed by atoms with Crippen molar-refractivity contribution in [3.05, 3.63) is 59.2 Å². The summed E-state index contributed by atoms with van der Waals surface area (Å²) < 4.78 is 11.7. The highest BCUT2D eigenvalue weighted by Crippen LogP contribution is 2.23. The van der Waals surface area contributed by atoms with E-state index in [1.54, 1.807) is 0 Å². The number of aryl methyl sites for hydroxylation is 1. The van der Waals surface area contributed by atoms with E-state index in [1.165, 1.54) is 11.1 Å². The van der Waals surface area contributed by atoms with E-state index in [0.717, 1.165) is 17.1 Å². The lowest BCUT2D eigenvalue weighted by atomic mass is 9.98. The van der Waals surface area contributed by atoms with Crippen molar-refractivity contribution in [2.75, 3.05) is 19.8 Å². The zero-order chi connectivity index (χ0) is 20.4. The number of carbonyl (C=O) groups is 1. The Kier molecular flexibility index (Phi) is 8.36. The van der Waals surface area contributed by atoms with E-state index in [-0.39, 0.29) is 12.3 Å². The molecule has 0 spiro atoms. The Morgan fingerprint density at radius 2 is 1.89 bits per heavy atom. The van der Waals surface area contributed by atoms with Gasteiger partial charge in [-0.2, -0.15) is 5.26 Å². The van der Waals surface area contributed by atoms with Crippen LogP contribution in [0.15, 0.2) is 42.5 Å². The summed E-state index contributed by atoms with van der Waals surface area (Å²) in [5, 5.41) is 11.2. The second-order valence-electron chi connectivity index (χ2n) is 6.91. The van der Waals surface area contributed by atoms with Crippen molar-refractivity contribution in [1.82, 2.24) is 5.32 Å². The maximum absolute atomic E-state index is 11.4. The van der Waals surface area contributed by atoms with Gasteiger partial charge in [-0.3, -0.25) is 4.79 Å². The van der Waals surface area contributed by atoms with Gasteiger partial charge in [0, 0.05) is 6.54 Å². The monoisotopic (exact) mass is 380 g/mol. The van der Waals surface area contributed by atoms with Crippen LogP contribution in [0.4, 0.5) is 0 Å². The third kappa shape index (κ3) is 6.62. The molecule has 5 heteroatoms. The average Bonchev–Trinajstić information content (AvgIpc) is 2.66. The molecule has 28 heavy (non-hydrogen) atoms. The smallest absolute Gasteiger partial charge is 0.234 e. The molecule has 2 aromatic carbocycles. The van der Waals surface area contributed by atoms with Crippen LogP contribution in [0.1, 0.15) is 42.9 Å². The number of nitrogens with one attached hydrogen (secondary N) is 1. The molecule has 0 aliphatic heterocycles. The van der Waals surface area contributed by atoms with Crippen molar-refractivity contribution < 1.29 is 14.3 Å². The van der Waals surface area contributed by atoms with Crippen LogP contribution < -0.4 is 14.8 Å². The van der Waals surface area contributed by atoms with Crippen molar-refractivity contribution in [1.29, 1.82) is 5.26 Å². The van der Waals surface area contributed by atoms with Gasteiger partial charge in [0.25, 0.3) is 0 Å². The van der Waals surface area contributed by atoms with E-state index < -0.39 is 0 Å². The molecule has 0 saturated carbocycles. The Morgan fingerprint density at radius 3 is 2.61 bits per heavy atom. The van der Waals surface area contributed by atoms with Gasteiger partial charge in [-0.05, 0) is 54.2 Å². The van der Waals surface area contributed by atoms with E-state index in [4.69, 9.17) is 14.7 Å². The molecular formula is C23H28N2O3. The van der Waals surface area contributed by atoms with Crippen molar-refractivity contribution in [3.8, 4) is 17.6 Å². The third-order valence-electron chi connectivity index (χ3n) is 4.40. The van der Waals surface area contributed by atoms with Crippen LogP contribution in [0, 0.1) is 18.3 Å². The molecular weight excluding hydrogens is 352 g/mol. The van der Waals surface area contributed by atoms with Crippen LogP contribution in [0.2, 0.25) is 0 Å². The molecule has 0 unspecified atom stereocenters. The Morgan fingerprint density at radius 1 is 1.14 bits per heavy atom. The molecule has 0 atom stereocenters. The number of benzene rings is 2. The lowest BCUT2D eigenvalue weighted by Gasteiger charge is -2.14. The Labute approximate surface area is 167 Å². The zero-order valence-corrected chi connectivity index (χ0v) is 16.8. The molecule has 0 bridgehead atoms. The van der Waals surface area contributed by atoms with Gasteiger partial charge in [0.1, 0.15) is 31.1 Å². The molecule has 0 fully saturated rings. The van der Waals surface area contributed by atoms with Crippen LogP contribution in [0.25, 0.3) is 0 Å². The first kappa shape index (κ1) is 21.3. The maximum Gasteiger partial charge on any atom is 0.234 e. The summed E-state index contributed by atoms with van der Waals surface area (Å²) in [6, 6.07) is 15.8. The third-order valence-corrected chi connectivity index (χ3v) is 4.40. The van der Waals surface area contributed by atoms with E-state index in [1.807, 2.05) is 36.4 Å². The second-order valence-corrected chi connectivity index (χ2v) is 6.91. The van der Waals surface area contributed by atoms with Crippen molar-refractivity contribution in [2.24, 2.45) is 0 Å². The van der Waals surface area contributed by atoms with E-state index in [2.05, 4.69) is 38.2 Å². The van der Waals surface area contributed by atoms with Gasteiger partial charge in [-0.1, -0.05) is 38.1 Å². The van der Waals surface area contributed by atoms with E-state index >= 15 is 0 Å². The quantitative estimate of drug-likeness (QED) is 0.629. The molecule has 0 radical (unpaired) electrons. The van der Waals surface area contributed by atoms with E-state index in [0.29, 0.717) is 32.1 Å². The van der Waals surface area contributed by atoms with Gasteiger partial charge in [0.15, 0.2) is 0 Å². The molecule has 0 saturated heterocycles. The Balaban J connectivity index is 1.81. The van der Waals surface area contributed by atoms with Gasteiger partial charge in [-0.15, -0.1) is 0 Å².